The summed E-state index contributed by atoms with van der Waals surface area (Å²) in [6.45, 7) is 0.195. The third-order valence-electron chi connectivity index (χ3n) is 4.04. The Morgan fingerprint density at radius 3 is 2.19 bits per heavy atom. The Labute approximate surface area is 157 Å². The highest BCUT2D eigenvalue weighted by Crippen LogP contribution is 2.29. The average Bonchev–Trinajstić information content (AvgIpc) is 2.70. The fraction of sp³-hybridized carbons (Fsp3) is 0.0909. The van der Waals surface area contributed by atoms with Gasteiger partial charge in [0.1, 0.15) is 6.04 Å². The van der Waals surface area contributed by atoms with E-state index in [1.54, 1.807) is 18.2 Å². The van der Waals surface area contributed by atoms with Crippen LogP contribution in [0.2, 0.25) is 0 Å². The van der Waals surface area contributed by atoms with E-state index in [2.05, 4.69) is 11.8 Å². The molecule has 5 nitrogen and oxygen atoms in total. The first-order valence-electron chi connectivity index (χ1n) is 8.44. The molecular formula is C22H18N2O3. The minimum absolute atomic E-state index is 0.0722. The molecule has 0 aliphatic carbocycles. The lowest BCUT2D eigenvalue weighted by atomic mass is 10.0. The van der Waals surface area contributed by atoms with Crippen LogP contribution in [-0.2, 0) is 6.54 Å². The second kappa shape index (κ2) is 8.77. The van der Waals surface area contributed by atoms with E-state index in [0.717, 1.165) is 16.2 Å². The summed E-state index contributed by atoms with van der Waals surface area (Å²) < 4.78 is 0. The molecule has 1 unspecified atom stereocenters. The van der Waals surface area contributed by atoms with E-state index in [1.807, 2.05) is 60.7 Å². The van der Waals surface area contributed by atoms with Gasteiger partial charge in [0.25, 0.3) is 5.69 Å². The smallest absolute Gasteiger partial charge is 0.275 e. The molecule has 0 bridgehead atoms. The van der Waals surface area contributed by atoms with Gasteiger partial charge in [-0.3, -0.25) is 10.1 Å². The highest BCUT2D eigenvalue weighted by atomic mass is 16.6. The first-order chi connectivity index (χ1) is 13.1. The third kappa shape index (κ3) is 4.79. The Kier molecular flexibility index (Phi) is 5.95. The molecule has 0 spiro atoms. The molecule has 27 heavy (non-hydrogen) atoms. The largest absolute Gasteiger partial charge is 0.312 e. The lowest BCUT2D eigenvalue weighted by molar-refractivity contribution is -0.386. The van der Waals surface area contributed by atoms with Crippen LogP contribution in [-0.4, -0.2) is 15.2 Å². The average molecular weight is 358 g/mol. The van der Waals surface area contributed by atoms with E-state index in [9.17, 15) is 15.3 Å². The molecule has 0 aliphatic heterocycles. The second-order valence-electron chi connectivity index (χ2n) is 5.94. The Balaban J connectivity index is 1.99. The summed E-state index contributed by atoms with van der Waals surface area (Å²) >= 11 is 0. The maximum absolute atomic E-state index is 11.4. The molecule has 0 saturated carbocycles. The topological polar surface area (TPSA) is 66.6 Å². The molecule has 3 aromatic carbocycles. The Hall–Kier alpha value is -3.46. The lowest BCUT2D eigenvalue weighted by Crippen LogP contribution is -2.24. The minimum Gasteiger partial charge on any atom is -0.312 e. The van der Waals surface area contributed by atoms with E-state index in [1.165, 1.54) is 6.07 Å². The predicted octanol–water partition coefficient (Wildman–Crippen LogP) is 4.58. The summed E-state index contributed by atoms with van der Waals surface area (Å²) in [4.78, 5) is 11.0. The van der Waals surface area contributed by atoms with Crippen molar-refractivity contribution < 1.29 is 10.1 Å². The van der Waals surface area contributed by atoms with E-state index in [4.69, 9.17) is 0 Å². The fourth-order valence-electron chi connectivity index (χ4n) is 2.73. The SMILES string of the molecule is O=[N+]([O-])c1ccccc1C(C#Cc1ccccc1)N(O)Cc1ccccc1. The first-order valence-corrected chi connectivity index (χ1v) is 8.44. The molecule has 0 aliphatic rings. The fourth-order valence-corrected chi connectivity index (χ4v) is 2.73. The molecule has 0 amide bonds. The summed E-state index contributed by atoms with van der Waals surface area (Å²) in [5.41, 5.74) is 1.93. The second-order valence-corrected chi connectivity index (χ2v) is 5.94. The van der Waals surface area contributed by atoms with E-state index >= 15 is 0 Å². The van der Waals surface area contributed by atoms with Gasteiger partial charge in [-0.2, -0.15) is 5.06 Å². The van der Waals surface area contributed by atoms with Gasteiger partial charge in [-0.1, -0.05) is 72.5 Å². The third-order valence-corrected chi connectivity index (χ3v) is 4.04. The predicted molar refractivity (Wildman–Crippen MR) is 103 cm³/mol. The van der Waals surface area contributed by atoms with Crippen molar-refractivity contribution in [1.29, 1.82) is 0 Å². The van der Waals surface area contributed by atoms with Gasteiger partial charge in [-0.15, -0.1) is 0 Å². The van der Waals surface area contributed by atoms with Crippen molar-refractivity contribution in [3.63, 3.8) is 0 Å². The zero-order valence-electron chi connectivity index (χ0n) is 14.5. The van der Waals surface area contributed by atoms with Gasteiger partial charge in [0.05, 0.1) is 17.0 Å². The Morgan fingerprint density at radius 2 is 1.52 bits per heavy atom. The van der Waals surface area contributed by atoms with Gasteiger partial charge >= 0.3 is 0 Å². The van der Waals surface area contributed by atoms with Crippen LogP contribution in [0.25, 0.3) is 0 Å². The number of hydrogen-bond acceptors (Lipinski definition) is 4. The van der Waals surface area contributed by atoms with Crippen LogP contribution in [0.5, 0.6) is 0 Å². The van der Waals surface area contributed by atoms with E-state index < -0.39 is 11.0 Å². The van der Waals surface area contributed by atoms with Crippen LogP contribution in [0.4, 0.5) is 5.69 Å². The van der Waals surface area contributed by atoms with Crippen LogP contribution < -0.4 is 0 Å². The zero-order valence-corrected chi connectivity index (χ0v) is 14.5. The van der Waals surface area contributed by atoms with Crippen molar-refractivity contribution in [2.24, 2.45) is 0 Å². The summed E-state index contributed by atoms with van der Waals surface area (Å²) in [5.74, 6) is 5.99. The molecule has 0 radical (unpaired) electrons. The number of nitro benzene ring substituents is 1. The summed E-state index contributed by atoms with van der Waals surface area (Å²) in [6, 6.07) is 24.2. The summed E-state index contributed by atoms with van der Waals surface area (Å²) in [6.07, 6.45) is 0. The number of nitrogens with zero attached hydrogens (tertiary/aromatic N) is 2. The standard InChI is InChI=1S/C22H18N2O3/c25-23(17-19-11-5-2-6-12-19)21(16-15-18-9-3-1-4-10-18)20-13-7-8-14-22(20)24(26)27/h1-14,21,25H,17H2. The number of hydroxylamine groups is 2. The zero-order chi connectivity index (χ0) is 19.1. The molecule has 1 atom stereocenters. The van der Waals surface area contributed by atoms with Gasteiger partial charge in [0.15, 0.2) is 0 Å². The molecule has 0 saturated heterocycles. The molecule has 0 fully saturated rings. The van der Waals surface area contributed by atoms with Crippen molar-refractivity contribution >= 4 is 5.69 Å². The van der Waals surface area contributed by atoms with Gasteiger partial charge in [0, 0.05) is 11.6 Å². The molecular weight excluding hydrogens is 340 g/mol. The number of benzene rings is 3. The molecule has 5 heteroatoms. The van der Waals surface area contributed by atoms with Crippen molar-refractivity contribution in [2.75, 3.05) is 0 Å². The Bertz CT molecular complexity index is 963. The number of rotatable bonds is 5. The summed E-state index contributed by atoms with van der Waals surface area (Å²) in [5, 5.41) is 23.2. The highest BCUT2D eigenvalue weighted by Gasteiger charge is 2.25. The van der Waals surface area contributed by atoms with E-state index in [-0.39, 0.29) is 12.2 Å². The monoisotopic (exact) mass is 358 g/mol. The molecule has 134 valence electrons. The molecule has 3 aromatic rings. The maximum Gasteiger partial charge on any atom is 0.275 e. The number of para-hydroxylation sites is 1. The van der Waals surface area contributed by atoms with Gasteiger partial charge < -0.3 is 5.21 Å². The normalized spacial score (nSPS) is 11.5. The molecule has 0 aromatic heterocycles. The van der Waals surface area contributed by atoms with Gasteiger partial charge in [-0.25, -0.2) is 0 Å². The quantitative estimate of drug-likeness (QED) is 0.412. The van der Waals surface area contributed by atoms with Crippen LogP contribution in [0.1, 0.15) is 22.7 Å². The number of hydrogen-bond donors (Lipinski definition) is 1. The molecule has 3 rings (SSSR count). The molecule has 0 heterocycles. The van der Waals surface area contributed by atoms with Crippen molar-refractivity contribution in [2.45, 2.75) is 12.6 Å². The van der Waals surface area contributed by atoms with Crippen LogP contribution in [0.15, 0.2) is 84.9 Å². The lowest BCUT2D eigenvalue weighted by Gasteiger charge is -2.22. The minimum atomic E-state index is -0.841. The Morgan fingerprint density at radius 1 is 0.926 bits per heavy atom. The van der Waals surface area contributed by atoms with Crippen molar-refractivity contribution in [1.82, 2.24) is 5.06 Å². The van der Waals surface area contributed by atoms with E-state index in [0.29, 0.717) is 5.56 Å². The van der Waals surface area contributed by atoms with Crippen LogP contribution in [0, 0.1) is 22.0 Å². The van der Waals surface area contributed by atoms with Gasteiger partial charge in [-0.05, 0) is 23.8 Å². The van der Waals surface area contributed by atoms with Crippen molar-refractivity contribution in [3.8, 4) is 11.8 Å². The molecule has 1 N–H and O–H groups in total. The first kappa shape index (κ1) is 18.3. The summed E-state index contributed by atoms with van der Waals surface area (Å²) in [7, 11) is 0. The highest BCUT2D eigenvalue weighted by molar-refractivity contribution is 5.46. The van der Waals surface area contributed by atoms with Crippen LogP contribution >= 0.6 is 0 Å². The van der Waals surface area contributed by atoms with Gasteiger partial charge in [0.2, 0.25) is 0 Å². The van der Waals surface area contributed by atoms with Crippen molar-refractivity contribution in [3.05, 3.63) is 112 Å². The van der Waals surface area contributed by atoms with Crippen LogP contribution in [0.3, 0.4) is 0 Å². The number of nitro groups is 1. The maximum atomic E-state index is 11.4.